The normalized spacial score (nSPS) is 11.3. The summed E-state index contributed by atoms with van der Waals surface area (Å²) >= 11 is 0. The smallest absolute Gasteiger partial charge is 0.346 e. The molecule has 0 atom stereocenters. The number of carbonyl (C=O) groups is 2. The zero-order valence-electron chi connectivity index (χ0n) is 18.3. The maximum atomic E-state index is 12.7. The molecule has 0 saturated carbocycles. The Hall–Kier alpha value is -4.27. The first-order chi connectivity index (χ1) is 16.1. The number of hydrogen-bond donors (Lipinski definition) is 3. The topological polar surface area (TPSA) is 75.2 Å². The lowest BCUT2D eigenvalue weighted by Gasteiger charge is -2.10. The van der Waals surface area contributed by atoms with Crippen molar-refractivity contribution in [3.8, 4) is 0 Å². The van der Waals surface area contributed by atoms with Gasteiger partial charge in [0.05, 0.1) is 16.8 Å². The molecule has 0 fully saturated rings. The van der Waals surface area contributed by atoms with Crippen molar-refractivity contribution in [2.24, 2.45) is 7.05 Å². The Labute approximate surface area is 193 Å². The fourth-order valence-corrected chi connectivity index (χ4v) is 3.62. The molecular weight excluding hydrogens is 445 g/mol. The van der Waals surface area contributed by atoms with E-state index in [1.54, 1.807) is 36.4 Å². The van der Waals surface area contributed by atoms with Crippen LogP contribution in [0, 0.1) is 6.92 Å². The van der Waals surface area contributed by atoms with Gasteiger partial charge in [0.15, 0.2) is 0 Å². The van der Waals surface area contributed by atoms with Crippen LogP contribution in [0.4, 0.5) is 35.0 Å². The van der Waals surface area contributed by atoms with Crippen molar-refractivity contribution in [2.75, 3.05) is 16.0 Å². The Morgan fingerprint density at radius 1 is 0.824 bits per heavy atom. The number of hydrogen-bond acceptors (Lipinski definition) is 2. The standard InChI is InChI=1S/C25H21F3N4O2/c1-15-22(31-24(34)30-18-10-8-17(9-11-18)25(26,27)28)20-14-19(12-13-21(20)32(15)2)29-23(33)16-6-4-3-5-7-16/h3-14H,1-2H3,(H,29,33)(H2,30,31,34). The SMILES string of the molecule is Cc1c(NC(=O)Nc2ccc(C(F)(F)F)cc2)c2cc(NC(=O)c3ccccc3)ccc2n1C. The molecule has 4 rings (SSSR count). The van der Waals surface area contributed by atoms with Gasteiger partial charge >= 0.3 is 12.2 Å². The number of aryl methyl sites for hydroxylation is 1. The van der Waals surface area contributed by atoms with Gasteiger partial charge in [-0.2, -0.15) is 13.2 Å². The zero-order valence-corrected chi connectivity index (χ0v) is 18.3. The van der Waals surface area contributed by atoms with Gasteiger partial charge < -0.3 is 20.5 Å². The Kier molecular flexibility index (Phi) is 6.02. The molecule has 3 N–H and O–H groups in total. The quantitative estimate of drug-likeness (QED) is 0.325. The van der Waals surface area contributed by atoms with E-state index in [9.17, 15) is 22.8 Å². The molecule has 9 heteroatoms. The third kappa shape index (κ3) is 4.73. The van der Waals surface area contributed by atoms with Gasteiger partial charge in [-0.25, -0.2) is 4.79 Å². The molecule has 6 nitrogen and oxygen atoms in total. The van der Waals surface area contributed by atoms with Gasteiger partial charge in [0.2, 0.25) is 0 Å². The summed E-state index contributed by atoms with van der Waals surface area (Å²) in [5, 5.41) is 8.87. The van der Waals surface area contributed by atoms with Crippen molar-refractivity contribution in [1.82, 2.24) is 4.57 Å². The third-order valence-corrected chi connectivity index (χ3v) is 5.49. The van der Waals surface area contributed by atoms with Gasteiger partial charge in [0, 0.05) is 35.1 Å². The van der Waals surface area contributed by atoms with Crippen LogP contribution in [0.15, 0.2) is 72.8 Å². The van der Waals surface area contributed by atoms with Crippen molar-refractivity contribution in [2.45, 2.75) is 13.1 Å². The summed E-state index contributed by atoms with van der Waals surface area (Å²) in [6, 6.07) is 17.7. The van der Waals surface area contributed by atoms with E-state index in [0.717, 1.165) is 23.3 Å². The number of fused-ring (bicyclic) bond motifs is 1. The van der Waals surface area contributed by atoms with Gasteiger partial charge in [0.25, 0.3) is 5.91 Å². The van der Waals surface area contributed by atoms with Crippen molar-refractivity contribution in [3.05, 3.63) is 89.6 Å². The minimum Gasteiger partial charge on any atom is -0.346 e. The highest BCUT2D eigenvalue weighted by Crippen LogP contribution is 2.33. The predicted octanol–water partition coefficient (Wildman–Crippen LogP) is 6.40. The number of halogens is 3. The summed E-state index contributed by atoms with van der Waals surface area (Å²) < 4.78 is 40.1. The van der Waals surface area contributed by atoms with Crippen LogP contribution >= 0.6 is 0 Å². The van der Waals surface area contributed by atoms with Crippen LogP contribution in [-0.2, 0) is 13.2 Å². The number of urea groups is 1. The number of alkyl halides is 3. The second-order valence-electron chi connectivity index (χ2n) is 7.73. The first-order valence-corrected chi connectivity index (χ1v) is 10.3. The molecule has 0 aliphatic heterocycles. The summed E-state index contributed by atoms with van der Waals surface area (Å²) in [7, 11) is 1.85. The van der Waals surface area contributed by atoms with Crippen LogP contribution in [0.5, 0.6) is 0 Å². The molecule has 0 aliphatic rings. The van der Waals surface area contributed by atoms with E-state index in [0.29, 0.717) is 22.3 Å². The summed E-state index contributed by atoms with van der Waals surface area (Å²) in [6.07, 6.45) is -4.45. The highest BCUT2D eigenvalue weighted by atomic mass is 19.4. The molecular formula is C25H21F3N4O2. The molecule has 0 spiro atoms. The maximum Gasteiger partial charge on any atom is 0.416 e. The molecule has 4 aromatic rings. The summed E-state index contributed by atoms with van der Waals surface area (Å²) in [5.41, 5.74) is 2.62. The van der Waals surface area contributed by atoms with E-state index in [1.165, 1.54) is 12.1 Å². The van der Waals surface area contributed by atoms with Crippen LogP contribution in [0.25, 0.3) is 10.9 Å². The summed E-state index contributed by atoms with van der Waals surface area (Å²) in [4.78, 5) is 25.1. The number of rotatable bonds is 4. The fraction of sp³-hybridized carbons (Fsp3) is 0.120. The minimum absolute atomic E-state index is 0.221. The molecule has 1 heterocycles. The molecule has 0 saturated heterocycles. The highest BCUT2D eigenvalue weighted by Gasteiger charge is 2.30. The van der Waals surface area contributed by atoms with E-state index < -0.39 is 17.8 Å². The van der Waals surface area contributed by atoms with E-state index in [2.05, 4.69) is 16.0 Å². The molecule has 0 radical (unpaired) electrons. The van der Waals surface area contributed by atoms with Gasteiger partial charge in [-0.05, 0) is 61.5 Å². The Bertz CT molecular complexity index is 1360. The van der Waals surface area contributed by atoms with E-state index >= 15 is 0 Å². The second kappa shape index (κ2) is 8.93. The average molecular weight is 466 g/mol. The van der Waals surface area contributed by atoms with Crippen molar-refractivity contribution < 1.29 is 22.8 Å². The Balaban J connectivity index is 1.55. The molecule has 0 unspecified atom stereocenters. The number of nitrogens with zero attached hydrogens (tertiary/aromatic N) is 1. The number of carbonyl (C=O) groups excluding carboxylic acids is 2. The van der Waals surface area contributed by atoms with Crippen LogP contribution in [0.2, 0.25) is 0 Å². The van der Waals surface area contributed by atoms with Crippen LogP contribution < -0.4 is 16.0 Å². The van der Waals surface area contributed by atoms with E-state index in [-0.39, 0.29) is 11.6 Å². The minimum atomic E-state index is -4.45. The maximum absolute atomic E-state index is 12.7. The van der Waals surface area contributed by atoms with E-state index in [4.69, 9.17) is 0 Å². The first kappa shape index (κ1) is 22.9. The number of amides is 3. The number of nitrogens with one attached hydrogen (secondary N) is 3. The van der Waals surface area contributed by atoms with Crippen molar-refractivity contribution in [1.29, 1.82) is 0 Å². The molecule has 3 amide bonds. The first-order valence-electron chi connectivity index (χ1n) is 10.3. The lowest BCUT2D eigenvalue weighted by Crippen LogP contribution is -2.20. The zero-order chi connectivity index (χ0) is 24.5. The lowest BCUT2D eigenvalue weighted by atomic mass is 10.1. The van der Waals surface area contributed by atoms with Crippen LogP contribution in [0.1, 0.15) is 21.6 Å². The monoisotopic (exact) mass is 466 g/mol. The van der Waals surface area contributed by atoms with Gasteiger partial charge in [0.1, 0.15) is 0 Å². The van der Waals surface area contributed by atoms with Crippen molar-refractivity contribution >= 4 is 39.9 Å². The van der Waals surface area contributed by atoms with Crippen LogP contribution in [0.3, 0.4) is 0 Å². The fourth-order valence-electron chi connectivity index (χ4n) is 3.62. The largest absolute Gasteiger partial charge is 0.416 e. The molecule has 0 bridgehead atoms. The third-order valence-electron chi connectivity index (χ3n) is 5.49. The lowest BCUT2D eigenvalue weighted by molar-refractivity contribution is -0.137. The Morgan fingerprint density at radius 3 is 2.12 bits per heavy atom. The second-order valence-corrected chi connectivity index (χ2v) is 7.73. The van der Waals surface area contributed by atoms with Gasteiger partial charge in [-0.3, -0.25) is 4.79 Å². The Morgan fingerprint density at radius 2 is 1.47 bits per heavy atom. The highest BCUT2D eigenvalue weighted by molar-refractivity contribution is 6.09. The molecule has 34 heavy (non-hydrogen) atoms. The number of aromatic nitrogens is 1. The summed E-state index contributed by atoms with van der Waals surface area (Å²) in [6.45, 7) is 1.83. The van der Waals surface area contributed by atoms with Gasteiger partial charge in [-0.15, -0.1) is 0 Å². The molecule has 0 aliphatic carbocycles. The number of anilines is 3. The van der Waals surface area contributed by atoms with Crippen LogP contribution in [-0.4, -0.2) is 16.5 Å². The van der Waals surface area contributed by atoms with Gasteiger partial charge in [-0.1, -0.05) is 18.2 Å². The molecule has 3 aromatic carbocycles. The predicted molar refractivity (Wildman–Crippen MR) is 126 cm³/mol. The molecule has 1 aromatic heterocycles. The average Bonchev–Trinajstić information content (AvgIpc) is 3.03. The molecule has 174 valence electrons. The summed E-state index contributed by atoms with van der Waals surface area (Å²) in [5.74, 6) is -0.262. The van der Waals surface area contributed by atoms with E-state index in [1.807, 2.05) is 30.7 Å². The van der Waals surface area contributed by atoms with Crippen molar-refractivity contribution in [3.63, 3.8) is 0 Å². The number of benzene rings is 3.